The number of rotatable bonds is 7. The van der Waals surface area contributed by atoms with Crippen LogP contribution in [-0.4, -0.2) is 14.5 Å². The molecule has 9 rings (SSSR count). The number of furan rings is 1. The first-order valence-electron chi connectivity index (χ1n) is 22.2. The summed E-state index contributed by atoms with van der Waals surface area (Å²) >= 11 is 0. The van der Waals surface area contributed by atoms with Gasteiger partial charge in [0.05, 0.1) is 22.5 Å². The number of hydrogen-bond acceptors (Lipinski definition) is 3. The molecule has 3 heterocycles. The molecule has 0 saturated heterocycles. The van der Waals surface area contributed by atoms with Gasteiger partial charge in [-0.25, -0.2) is 0 Å². The first-order valence-corrected chi connectivity index (χ1v) is 18.2. The topological polar surface area (TPSA) is 43.9 Å². The zero-order valence-corrected chi connectivity index (χ0v) is 33.5. The van der Waals surface area contributed by atoms with Gasteiger partial charge >= 0.3 is 0 Å². The molecule has 9 aromatic rings. The number of hydrogen-bond donors (Lipinski definition) is 0. The van der Waals surface area contributed by atoms with E-state index in [0.29, 0.717) is 33.8 Å². The van der Waals surface area contributed by atoms with E-state index in [4.69, 9.17) is 20.4 Å². The number of pyridine rings is 1. The normalized spacial score (nSPS) is 13.9. The predicted octanol–water partition coefficient (Wildman–Crippen LogP) is 13.2. The molecule has 0 unspecified atom stereocenters. The number of aryl methyl sites for hydroxylation is 3. The zero-order valence-electron chi connectivity index (χ0n) is 39.1. The summed E-state index contributed by atoms with van der Waals surface area (Å²) in [5, 5.41) is 0.785. The fourth-order valence-corrected chi connectivity index (χ4v) is 6.82. The van der Waals surface area contributed by atoms with Gasteiger partial charge in [-0.3, -0.25) is 4.98 Å². The molecule has 279 valence electrons. The zero-order chi connectivity index (χ0) is 44.7. The first-order chi connectivity index (χ1) is 30.0. The Morgan fingerprint density at radius 3 is 2.05 bits per heavy atom. The van der Waals surface area contributed by atoms with Crippen LogP contribution in [0, 0.1) is 38.9 Å². The molecule has 0 fully saturated rings. The van der Waals surface area contributed by atoms with Crippen molar-refractivity contribution in [2.24, 2.45) is 5.92 Å². The third-order valence-electron chi connectivity index (χ3n) is 9.25. The number of fused-ring (bicyclic) bond motifs is 2. The molecule has 1 radical (unpaired) electrons. The molecule has 6 aromatic carbocycles. The minimum absolute atomic E-state index is 0. The quantitative estimate of drug-likeness (QED) is 0.150. The molecule has 0 N–H and O–H groups in total. The van der Waals surface area contributed by atoms with E-state index in [-0.39, 0.29) is 37.2 Å². The van der Waals surface area contributed by atoms with Gasteiger partial charge in [-0.2, -0.15) is 0 Å². The number of para-hydroxylation sites is 2. The number of nitrogens with zero attached hydrogens (tertiary/aromatic N) is 3. The van der Waals surface area contributed by atoms with Gasteiger partial charge in [0.15, 0.2) is 0 Å². The molecule has 3 aromatic heterocycles. The number of imidazole rings is 1. The maximum atomic E-state index is 8.76. The van der Waals surface area contributed by atoms with Crippen LogP contribution in [-0.2, 0) is 26.5 Å². The van der Waals surface area contributed by atoms with Crippen LogP contribution in [0.2, 0.25) is 0 Å². The fourth-order valence-electron chi connectivity index (χ4n) is 6.82. The molecule has 0 spiro atoms. The predicted molar refractivity (Wildman–Crippen MR) is 227 cm³/mol. The van der Waals surface area contributed by atoms with Gasteiger partial charge in [0.25, 0.3) is 0 Å². The Morgan fingerprint density at radius 1 is 0.750 bits per heavy atom. The second kappa shape index (κ2) is 16.9. The summed E-state index contributed by atoms with van der Waals surface area (Å²) in [5.74, 6) is 0.503. The van der Waals surface area contributed by atoms with E-state index >= 15 is 0 Å². The molecule has 0 atom stereocenters. The molecule has 0 aliphatic carbocycles. The van der Waals surface area contributed by atoms with E-state index in [9.17, 15) is 0 Å². The largest absolute Gasteiger partial charge is 0.557 e. The molecule has 5 heteroatoms. The van der Waals surface area contributed by atoms with Gasteiger partial charge < -0.3 is 14.0 Å². The van der Waals surface area contributed by atoms with Crippen molar-refractivity contribution < 1.29 is 35.5 Å². The van der Waals surface area contributed by atoms with Crippen molar-refractivity contribution in [3.63, 3.8) is 0 Å². The summed E-state index contributed by atoms with van der Waals surface area (Å²) in [6.45, 7) is 1.60. The van der Waals surface area contributed by atoms with E-state index < -0.39 is 20.1 Å². The summed E-state index contributed by atoms with van der Waals surface area (Å²) < 4.78 is 69.4. The second-order valence-electron chi connectivity index (χ2n) is 13.7. The van der Waals surface area contributed by atoms with Crippen LogP contribution in [0.4, 0.5) is 0 Å². The minimum Gasteiger partial charge on any atom is -0.557 e. The van der Waals surface area contributed by atoms with Crippen molar-refractivity contribution in [1.82, 2.24) is 14.5 Å². The maximum Gasteiger partial charge on any atom is 0.0774 e. The summed E-state index contributed by atoms with van der Waals surface area (Å²) in [6.07, 6.45) is 2.96. The third-order valence-corrected chi connectivity index (χ3v) is 9.25. The van der Waals surface area contributed by atoms with Crippen molar-refractivity contribution >= 4 is 22.0 Å². The Bertz CT molecular complexity index is 2920. The van der Waals surface area contributed by atoms with E-state index in [1.807, 2.05) is 62.4 Å². The average Bonchev–Trinajstić information content (AvgIpc) is 3.87. The minimum atomic E-state index is -2.18. The molecule has 4 nitrogen and oxygen atoms in total. The maximum absolute atomic E-state index is 8.76. The van der Waals surface area contributed by atoms with E-state index in [2.05, 4.69) is 95.5 Å². The Labute approximate surface area is 354 Å². The van der Waals surface area contributed by atoms with Gasteiger partial charge in [-0.05, 0) is 78.3 Å². The molecule has 0 aliphatic rings. The fraction of sp³-hybridized carbons (Fsp3) is 0.137. The van der Waals surface area contributed by atoms with Crippen LogP contribution in [0.15, 0.2) is 156 Å². The van der Waals surface area contributed by atoms with Crippen molar-refractivity contribution in [1.29, 1.82) is 0 Å². The van der Waals surface area contributed by atoms with Crippen molar-refractivity contribution in [3.05, 3.63) is 186 Å². The Balaban J connectivity index is 0.000000246. The standard InChI is InChI=1S/C38H31N2O.C13H12N.Ir/c1-25(2)20-27-18-19-36-32(23-27)33(24-41-36)38-39-34-16-10-11-17-35(34)40(38)37-30(28-12-6-4-7-13-28)21-26(3)22-31(37)29-14-8-5-9-15-29;1-10-3-6-12(7-4-10)13-8-5-11(2)9-14-13;/h4-19,21-23,25H,20H2,1-3H3;3-6,8-9H,1-2H3;/q2*-1;/i20D2;1D3,2D3;. The Morgan fingerprint density at radius 2 is 1.43 bits per heavy atom. The molecular formula is C51H43IrN3O-2. The summed E-state index contributed by atoms with van der Waals surface area (Å²) in [6, 6.07) is 49.6. The summed E-state index contributed by atoms with van der Waals surface area (Å²) in [4.78, 5) is 9.25. The van der Waals surface area contributed by atoms with E-state index in [0.717, 1.165) is 49.9 Å². The number of benzene rings is 6. The van der Waals surface area contributed by atoms with Gasteiger partial charge in [-0.1, -0.05) is 140 Å². The van der Waals surface area contributed by atoms with E-state index in [1.54, 1.807) is 12.1 Å². The molecule has 0 amide bonds. The average molecular weight is 914 g/mol. The molecule has 0 aliphatic heterocycles. The van der Waals surface area contributed by atoms with Crippen molar-refractivity contribution in [2.45, 2.75) is 40.8 Å². The van der Waals surface area contributed by atoms with Crippen LogP contribution >= 0.6 is 0 Å². The van der Waals surface area contributed by atoms with Crippen LogP contribution in [0.3, 0.4) is 0 Å². The first kappa shape index (κ1) is 29.4. The van der Waals surface area contributed by atoms with Crippen LogP contribution in [0.25, 0.3) is 72.6 Å². The monoisotopic (exact) mass is 914 g/mol. The van der Waals surface area contributed by atoms with Crippen molar-refractivity contribution in [2.75, 3.05) is 0 Å². The second-order valence-corrected chi connectivity index (χ2v) is 13.7. The smallest absolute Gasteiger partial charge is 0.0774 e. The Kier molecular flexibility index (Phi) is 8.86. The van der Waals surface area contributed by atoms with Gasteiger partial charge in [0.2, 0.25) is 0 Å². The van der Waals surface area contributed by atoms with Gasteiger partial charge in [0, 0.05) is 60.2 Å². The van der Waals surface area contributed by atoms with Crippen LogP contribution in [0.5, 0.6) is 0 Å². The summed E-state index contributed by atoms with van der Waals surface area (Å²) in [7, 11) is 0. The van der Waals surface area contributed by atoms with E-state index in [1.165, 1.54) is 24.4 Å². The van der Waals surface area contributed by atoms with Crippen LogP contribution in [0.1, 0.15) is 47.1 Å². The van der Waals surface area contributed by atoms with Gasteiger partial charge in [0.1, 0.15) is 0 Å². The van der Waals surface area contributed by atoms with Crippen LogP contribution < -0.4 is 0 Å². The van der Waals surface area contributed by atoms with Gasteiger partial charge in [-0.15, -0.1) is 35.4 Å². The third kappa shape index (κ3) is 8.07. The number of aromatic nitrogens is 3. The summed E-state index contributed by atoms with van der Waals surface area (Å²) in [5.41, 5.74) is 11.9. The van der Waals surface area contributed by atoms with Crippen molar-refractivity contribution in [3.8, 4) is 50.6 Å². The molecular weight excluding hydrogens is 863 g/mol. The molecule has 0 saturated carbocycles. The molecule has 56 heavy (non-hydrogen) atoms. The SMILES string of the molecule is [2H]C([2H])([2H])c1c[c-]c(-c2ccc(C([2H])([2H])[2H])cn2)cc1.[2H]C([2H])(c1ccc2o[c-]c(-c3nc4ccccc4n3-c3c(-c4ccccc4)cc(C)cc3-c3ccccc3)c2c1)C(C)C.[Ir]. The molecule has 0 bridgehead atoms. The Hall–Kier alpha value is -5.87.